The van der Waals surface area contributed by atoms with E-state index in [-0.39, 0.29) is 6.04 Å². The maximum absolute atomic E-state index is 12.6. The highest BCUT2D eigenvalue weighted by atomic mass is 19.4. The Labute approximate surface area is 127 Å². The van der Waals surface area contributed by atoms with Gasteiger partial charge in [0.1, 0.15) is 12.1 Å². The van der Waals surface area contributed by atoms with Crippen LogP contribution in [0.15, 0.2) is 23.1 Å². The van der Waals surface area contributed by atoms with Crippen LogP contribution in [0, 0.1) is 5.92 Å². The van der Waals surface area contributed by atoms with Crippen LogP contribution in [0.2, 0.25) is 0 Å². The molecule has 1 unspecified atom stereocenters. The molecular formula is C15H21F3N2O2. The minimum Gasteiger partial charge on any atom is -0.352 e. The molecule has 0 saturated carbocycles. The molecule has 124 valence electrons. The molecule has 0 aliphatic heterocycles. The number of nitrogens with zero attached hydrogens (tertiary/aromatic N) is 1. The van der Waals surface area contributed by atoms with Crippen LogP contribution in [-0.4, -0.2) is 16.5 Å². The molecule has 22 heavy (non-hydrogen) atoms. The van der Waals surface area contributed by atoms with Gasteiger partial charge in [-0.15, -0.1) is 0 Å². The molecule has 1 amide bonds. The summed E-state index contributed by atoms with van der Waals surface area (Å²) in [6.45, 7) is 5.54. The number of nitrogens with one attached hydrogen (secondary N) is 1. The van der Waals surface area contributed by atoms with Gasteiger partial charge in [0.05, 0.1) is 0 Å². The SMILES string of the molecule is CC(C)CCC(C)NC(=O)Cn1cccc(C(F)(F)F)c1=O. The first-order valence-electron chi connectivity index (χ1n) is 7.17. The zero-order valence-electron chi connectivity index (χ0n) is 12.9. The number of alkyl halides is 3. The van der Waals surface area contributed by atoms with Crippen molar-refractivity contribution < 1.29 is 18.0 Å². The second kappa shape index (κ2) is 7.47. The summed E-state index contributed by atoms with van der Waals surface area (Å²) in [6.07, 6.45) is -1.83. The quantitative estimate of drug-likeness (QED) is 0.877. The minimum absolute atomic E-state index is 0.0867. The topological polar surface area (TPSA) is 51.1 Å². The van der Waals surface area contributed by atoms with Crippen LogP contribution in [-0.2, 0) is 17.5 Å². The number of amides is 1. The average molecular weight is 318 g/mol. The minimum atomic E-state index is -4.72. The van der Waals surface area contributed by atoms with E-state index in [0.717, 1.165) is 23.5 Å². The number of aromatic nitrogens is 1. The summed E-state index contributed by atoms with van der Waals surface area (Å²) >= 11 is 0. The summed E-state index contributed by atoms with van der Waals surface area (Å²) in [7, 11) is 0. The number of pyridine rings is 1. The van der Waals surface area contributed by atoms with E-state index in [4.69, 9.17) is 0 Å². The van der Waals surface area contributed by atoms with Gasteiger partial charge in [0.2, 0.25) is 5.91 Å². The summed E-state index contributed by atoms with van der Waals surface area (Å²) in [6, 6.07) is 1.73. The first kappa shape index (κ1) is 18.3. The van der Waals surface area contributed by atoms with E-state index in [0.29, 0.717) is 12.0 Å². The van der Waals surface area contributed by atoms with E-state index in [9.17, 15) is 22.8 Å². The van der Waals surface area contributed by atoms with Gasteiger partial charge in [0, 0.05) is 12.2 Å². The zero-order valence-corrected chi connectivity index (χ0v) is 12.9. The summed E-state index contributed by atoms with van der Waals surface area (Å²) in [5.74, 6) is 0.0307. The van der Waals surface area contributed by atoms with Gasteiger partial charge in [-0.2, -0.15) is 13.2 Å². The highest BCUT2D eigenvalue weighted by molar-refractivity contribution is 5.76. The maximum atomic E-state index is 12.6. The number of hydrogen-bond donors (Lipinski definition) is 1. The molecule has 1 rings (SSSR count). The van der Waals surface area contributed by atoms with Crippen LogP contribution in [0.1, 0.15) is 39.2 Å². The number of hydrogen-bond acceptors (Lipinski definition) is 2. The molecule has 0 spiro atoms. The fourth-order valence-electron chi connectivity index (χ4n) is 2.01. The highest BCUT2D eigenvalue weighted by Gasteiger charge is 2.34. The molecular weight excluding hydrogens is 297 g/mol. The molecule has 0 radical (unpaired) electrons. The van der Waals surface area contributed by atoms with Crippen LogP contribution in [0.3, 0.4) is 0 Å². The molecule has 7 heteroatoms. The van der Waals surface area contributed by atoms with Crippen LogP contribution >= 0.6 is 0 Å². The maximum Gasteiger partial charge on any atom is 0.421 e. The lowest BCUT2D eigenvalue weighted by Crippen LogP contribution is -2.38. The molecule has 0 saturated heterocycles. The Balaban J connectivity index is 2.71. The van der Waals surface area contributed by atoms with Crippen molar-refractivity contribution in [2.45, 2.75) is 52.4 Å². The smallest absolute Gasteiger partial charge is 0.352 e. The molecule has 1 atom stereocenters. The number of halogens is 3. The fourth-order valence-corrected chi connectivity index (χ4v) is 2.01. The fraction of sp³-hybridized carbons (Fsp3) is 0.600. The monoisotopic (exact) mass is 318 g/mol. The second-order valence-electron chi connectivity index (χ2n) is 5.79. The number of rotatable bonds is 6. The third kappa shape index (κ3) is 5.54. The molecule has 0 aliphatic carbocycles. The van der Waals surface area contributed by atoms with E-state index < -0.39 is 29.8 Å². The molecule has 1 aromatic rings. The lowest BCUT2D eigenvalue weighted by molar-refractivity contribution is -0.139. The van der Waals surface area contributed by atoms with Gasteiger partial charge >= 0.3 is 6.18 Å². The zero-order chi connectivity index (χ0) is 16.9. The van der Waals surface area contributed by atoms with E-state index in [1.165, 1.54) is 6.20 Å². The van der Waals surface area contributed by atoms with E-state index in [2.05, 4.69) is 19.2 Å². The number of carbonyl (C=O) groups excluding carboxylic acids is 1. The van der Waals surface area contributed by atoms with Gasteiger partial charge in [-0.05, 0) is 37.8 Å². The van der Waals surface area contributed by atoms with Crippen molar-refractivity contribution in [2.75, 3.05) is 0 Å². The van der Waals surface area contributed by atoms with Crippen LogP contribution in [0.5, 0.6) is 0 Å². The molecule has 0 aliphatic rings. The Morgan fingerprint density at radius 3 is 2.45 bits per heavy atom. The first-order valence-corrected chi connectivity index (χ1v) is 7.17. The van der Waals surface area contributed by atoms with Crippen molar-refractivity contribution >= 4 is 5.91 Å². The van der Waals surface area contributed by atoms with Crippen LogP contribution in [0.25, 0.3) is 0 Å². The third-order valence-corrected chi connectivity index (χ3v) is 3.22. The summed E-state index contributed by atoms with van der Waals surface area (Å²) in [5, 5.41) is 2.69. The Hall–Kier alpha value is -1.79. The molecule has 0 bridgehead atoms. The predicted octanol–water partition coefficient (Wildman–Crippen LogP) is 2.81. The second-order valence-corrected chi connectivity index (χ2v) is 5.79. The largest absolute Gasteiger partial charge is 0.421 e. The van der Waals surface area contributed by atoms with E-state index in [1.807, 2.05) is 6.92 Å². The third-order valence-electron chi connectivity index (χ3n) is 3.22. The van der Waals surface area contributed by atoms with Crippen LogP contribution < -0.4 is 10.9 Å². The highest BCUT2D eigenvalue weighted by Crippen LogP contribution is 2.25. The van der Waals surface area contributed by atoms with Crippen molar-refractivity contribution in [1.82, 2.24) is 9.88 Å². The predicted molar refractivity (Wildman–Crippen MR) is 77.4 cm³/mol. The van der Waals surface area contributed by atoms with Gasteiger partial charge in [-0.3, -0.25) is 9.59 Å². The van der Waals surface area contributed by atoms with Crippen molar-refractivity contribution in [3.05, 3.63) is 34.2 Å². The van der Waals surface area contributed by atoms with Gasteiger partial charge in [-0.1, -0.05) is 13.8 Å². The molecule has 1 N–H and O–H groups in total. The Morgan fingerprint density at radius 1 is 1.27 bits per heavy atom. The van der Waals surface area contributed by atoms with E-state index >= 15 is 0 Å². The van der Waals surface area contributed by atoms with Crippen molar-refractivity contribution in [1.29, 1.82) is 0 Å². The summed E-state index contributed by atoms with van der Waals surface area (Å²) < 4.78 is 38.7. The molecule has 4 nitrogen and oxygen atoms in total. The van der Waals surface area contributed by atoms with Crippen LogP contribution in [0.4, 0.5) is 13.2 Å². The van der Waals surface area contributed by atoms with Gasteiger partial charge < -0.3 is 9.88 Å². The molecule has 0 aromatic carbocycles. The van der Waals surface area contributed by atoms with Crippen molar-refractivity contribution in [2.24, 2.45) is 5.92 Å². The summed E-state index contributed by atoms with van der Waals surface area (Å²) in [4.78, 5) is 23.5. The van der Waals surface area contributed by atoms with Gasteiger partial charge in [0.25, 0.3) is 5.56 Å². The first-order chi connectivity index (χ1) is 10.1. The van der Waals surface area contributed by atoms with Gasteiger partial charge in [-0.25, -0.2) is 0 Å². The number of carbonyl (C=O) groups is 1. The summed E-state index contributed by atoms with van der Waals surface area (Å²) in [5.41, 5.74) is -2.48. The lowest BCUT2D eigenvalue weighted by Gasteiger charge is -2.16. The average Bonchev–Trinajstić information content (AvgIpc) is 2.37. The molecule has 1 aromatic heterocycles. The Morgan fingerprint density at radius 2 is 1.91 bits per heavy atom. The molecule has 0 fully saturated rings. The lowest BCUT2D eigenvalue weighted by atomic mass is 10.0. The normalized spacial score (nSPS) is 13.2. The van der Waals surface area contributed by atoms with Crippen molar-refractivity contribution in [3.8, 4) is 0 Å². The Kier molecular flexibility index (Phi) is 6.20. The molecule has 1 heterocycles. The van der Waals surface area contributed by atoms with Gasteiger partial charge in [0.15, 0.2) is 0 Å². The van der Waals surface area contributed by atoms with E-state index in [1.54, 1.807) is 0 Å². The standard InChI is InChI=1S/C15H21F3N2O2/c1-10(2)6-7-11(3)19-13(21)9-20-8-4-5-12(14(20)22)15(16,17)18/h4-5,8,10-11H,6-7,9H2,1-3H3,(H,19,21). The van der Waals surface area contributed by atoms with Crippen molar-refractivity contribution in [3.63, 3.8) is 0 Å². The Bertz CT molecular complexity index is 565.